The van der Waals surface area contributed by atoms with Crippen LogP contribution in [0.1, 0.15) is 34.7 Å². The van der Waals surface area contributed by atoms with Crippen molar-refractivity contribution in [3.8, 4) is 17.0 Å². The van der Waals surface area contributed by atoms with E-state index in [1.165, 1.54) is 13.3 Å². The van der Waals surface area contributed by atoms with Crippen molar-refractivity contribution in [3.63, 3.8) is 0 Å². The second-order valence-electron chi connectivity index (χ2n) is 8.35. The van der Waals surface area contributed by atoms with Crippen LogP contribution in [0, 0.1) is 19.8 Å². The highest BCUT2D eigenvalue weighted by molar-refractivity contribution is 6.15. The second-order valence-corrected chi connectivity index (χ2v) is 8.35. The van der Waals surface area contributed by atoms with Gasteiger partial charge in [-0.05, 0) is 38.7 Å². The Bertz CT molecular complexity index is 1330. The maximum Gasteiger partial charge on any atom is 0.341 e. The summed E-state index contributed by atoms with van der Waals surface area (Å²) in [6.45, 7) is 5.99. The molecular formula is C24H26N4O5. The fraction of sp³-hybridized carbons (Fsp3) is 0.417. The van der Waals surface area contributed by atoms with Crippen molar-refractivity contribution in [3.05, 3.63) is 35.5 Å². The number of carbonyl (C=O) groups is 1. The smallest absolute Gasteiger partial charge is 0.341 e. The van der Waals surface area contributed by atoms with Crippen molar-refractivity contribution in [2.75, 3.05) is 27.4 Å². The summed E-state index contributed by atoms with van der Waals surface area (Å²) in [5.74, 6) is 1.11. The summed E-state index contributed by atoms with van der Waals surface area (Å²) >= 11 is 0. The normalized spacial score (nSPS) is 14.8. The zero-order chi connectivity index (χ0) is 23.1. The average molecular weight is 450 g/mol. The van der Waals surface area contributed by atoms with Gasteiger partial charge in [-0.3, -0.25) is 4.98 Å². The first-order valence-electron chi connectivity index (χ1n) is 11.0. The van der Waals surface area contributed by atoms with Crippen LogP contribution in [0.2, 0.25) is 0 Å². The third-order valence-electron chi connectivity index (χ3n) is 6.38. The van der Waals surface area contributed by atoms with E-state index in [1.54, 1.807) is 13.3 Å². The van der Waals surface area contributed by atoms with Crippen LogP contribution >= 0.6 is 0 Å². The molecule has 0 aromatic carbocycles. The largest absolute Gasteiger partial charge is 0.480 e. The van der Waals surface area contributed by atoms with Gasteiger partial charge in [0.25, 0.3) is 0 Å². The van der Waals surface area contributed by atoms with Gasteiger partial charge in [-0.15, -0.1) is 0 Å². The van der Waals surface area contributed by atoms with Crippen LogP contribution in [0.4, 0.5) is 0 Å². The lowest BCUT2D eigenvalue weighted by molar-refractivity contribution is 0.0595. The van der Waals surface area contributed by atoms with Gasteiger partial charge in [0.15, 0.2) is 0 Å². The highest BCUT2D eigenvalue weighted by atomic mass is 16.5. The van der Waals surface area contributed by atoms with Gasteiger partial charge < -0.3 is 23.3 Å². The van der Waals surface area contributed by atoms with Crippen molar-refractivity contribution in [2.45, 2.75) is 33.2 Å². The van der Waals surface area contributed by atoms with Gasteiger partial charge in [0.05, 0.1) is 36.3 Å². The molecule has 5 rings (SSSR count). The van der Waals surface area contributed by atoms with E-state index in [0.29, 0.717) is 29.3 Å². The van der Waals surface area contributed by atoms with Crippen molar-refractivity contribution in [2.24, 2.45) is 5.92 Å². The fourth-order valence-electron chi connectivity index (χ4n) is 4.77. The molecule has 9 nitrogen and oxygen atoms in total. The molecule has 33 heavy (non-hydrogen) atoms. The Balaban J connectivity index is 1.83. The molecule has 0 amide bonds. The molecule has 5 heterocycles. The molecule has 0 radical (unpaired) electrons. The molecule has 1 aliphatic heterocycles. The van der Waals surface area contributed by atoms with Gasteiger partial charge >= 0.3 is 5.97 Å². The minimum Gasteiger partial charge on any atom is -0.480 e. The van der Waals surface area contributed by atoms with E-state index >= 15 is 0 Å². The van der Waals surface area contributed by atoms with Crippen LogP contribution in [0.3, 0.4) is 0 Å². The molecule has 4 aromatic rings. The first-order valence-corrected chi connectivity index (χ1v) is 11.0. The maximum atomic E-state index is 12.7. The fourth-order valence-corrected chi connectivity index (χ4v) is 4.77. The lowest BCUT2D eigenvalue weighted by Gasteiger charge is -2.23. The topological polar surface area (TPSA) is 102 Å². The van der Waals surface area contributed by atoms with Gasteiger partial charge in [0, 0.05) is 43.3 Å². The predicted octanol–water partition coefficient (Wildman–Crippen LogP) is 4.08. The van der Waals surface area contributed by atoms with Crippen molar-refractivity contribution < 1.29 is 23.5 Å². The molecule has 1 aliphatic rings. The standard InChI is InChI=1S/C24H26N4O5/c1-13-19(14(2)33-27-13)16-9-18-21(25-10-16)20-22(28(18)12-15-5-7-32-8-6-15)17(24(29)31-4)11-26-23(20)30-3/h9-11,15H,5-8,12H2,1-4H3. The number of aromatic nitrogens is 4. The number of nitrogens with zero attached hydrogens (tertiary/aromatic N) is 4. The van der Waals surface area contributed by atoms with Gasteiger partial charge in [-0.1, -0.05) is 5.16 Å². The molecule has 172 valence electrons. The summed E-state index contributed by atoms with van der Waals surface area (Å²) < 4.78 is 23.8. The molecular weight excluding hydrogens is 424 g/mol. The van der Waals surface area contributed by atoms with Crippen LogP contribution < -0.4 is 4.74 Å². The molecule has 1 fully saturated rings. The third-order valence-corrected chi connectivity index (χ3v) is 6.38. The van der Waals surface area contributed by atoms with Crippen LogP contribution in [-0.2, 0) is 16.0 Å². The number of aryl methyl sites for hydroxylation is 2. The second kappa shape index (κ2) is 8.47. The van der Waals surface area contributed by atoms with Crippen LogP contribution in [-0.4, -0.2) is 53.1 Å². The molecule has 0 unspecified atom stereocenters. The quantitative estimate of drug-likeness (QED) is 0.419. The van der Waals surface area contributed by atoms with E-state index < -0.39 is 5.97 Å². The van der Waals surface area contributed by atoms with E-state index in [4.69, 9.17) is 23.7 Å². The molecule has 1 saturated heterocycles. The Morgan fingerprint density at radius 3 is 2.64 bits per heavy atom. The summed E-state index contributed by atoms with van der Waals surface area (Å²) in [4.78, 5) is 21.9. The third kappa shape index (κ3) is 3.52. The van der Waals surface area contributed by atoms with Gasteiger partial charge in [-0.25, -0.2) is 9.78 Å². The summed E-state index contributed by atoms with van der Waals surface area (Å²) in [6, 6.07) is 2.08. The zero-order valence-corrected chi connectivity index (χ0v) is 19.2. The van der Waals surface area contributed by atoms with E-state index in [1.807, 2.05) is 13.8 Å². The number of fused-ring (bicyclic) bond motifs is 3. The molecule has 0 bridgehead atoms. The molecule has 0 saturated carbocycles. The highest BCUT2D eigenvalue weighted by Gasteiger charge is 2.26. The highest BCUT2D eigenvalue weighted by Crippen LogP contribution is 2.39. The monoisotopic (exact) mass is 450 g/mol. The maximum absolute atomic E-state index is 12.7. The predicted molar refractivity (Wildman–Crippen MR) is 121 cm³/mol. The molecule has 0 atom stereocenters. The Labute approximate surface area is 190 Å². The van der Waals surface area contributed by atoms with Gasteiger partial charge in [-0.2, -0.15) is 0 Å². The Kier molecular flexibility index (Phi) is 5.49. The molecule has 4 aromatic heterocycles. The number of ether oxygens (including phenoxy) is 3. The SMILES string of the molecule is COC(=O)c1cnc(OC)c2c3ncc(-c4c(C)noc4C)cc3n(CC3CCOCC3)c12. The van der Waals surface area contributed by atoms with Gasteiger partial charge in [0.2, 0.25) is 5.88 Å². The first kappa shape index (κ1) is 21.4. The van der Waals surface area contributed by atoms with Gasteiger partial charge in [0.1, 0.15) is 16.8 Å². The number of carbonyl (C=O) groups excluding carboxylic acids is 1. The van der Waals surface area contributed by atoms with E-state index in [9.17, 15) is 4.79 Å². The zero-order valence-electron chi connectivity index (χ0n) is 19.2. The first-order chi connectivity index (χ1) is 16.0. The number of hydrogen-bond acceptors (Lipinski definition) is 8. The Morgan fingerprint density at radius 2 is 1.97 bits per heavy atom. The Hall–Kier alpha value is -3.46. The average Bonchev–Trinajstić information content (AvgIpc) is 3.35. The van der Waals surface area contributed by atoms with Crippen molar-refractivity contribution in [1.29, 1.82) is 0 Å². The van der Waals surface area contributed by atoms with Crippen LogP contribution in [0.25, 0.3) is 33.1 Å². The number of hydrogen-bond donors (Lipinski definition) is 0. The molecule has 9 heteroatoms. The van der Waals surface area contributed by atoms with E-state index in [0.717, 1.165) is 65.2 Å². The van der Waals surface area contributed by atoms with Crippen LogP contribution in [0.5, 0.6) is 5.88 Å². The van der Waals surface area contributed by atoms with Crippen LogP contribution in [0.15, 0.2) is 23.0 Å². The number of rotatable bonds is 5. The minimum atomic E-state index is -0.447. The molecule has 0 aliphatic carbocycles. The van der Waals surface area contributed by atoms with Crippen molar-refractivity contribution >= 4 is 27.9 Å². The number of esters is 1. The summed E-state index contributed by atoms with van der Waals surface area (Å²) in [7, 11) is 2.94. The Morgan fingerprint density at radius 1 is 1.18 bits per heavy atom. The lowest BCUT2D eigenvalue weighted by atomic mass is 10.00. The minimum absolute atomic E-state index is 0.386. The number of methoxy groups -OCH3 is 2. The molecule has 0 spiro atoms. The molecule has 0 N–H and O–H groups in total. The van der Waals surface area contributed by atoms with E-state index in [-0.39, 0.29) is 0 Å². The summed E-state index contributed by atoms with van der Waals surface area (Å²) in [6.07, 6.45) is 5.22. The number of pyridine rings is 2. The lowest BCUT2D eigenvalue weighted by Crippen LogP contribution is -2.21. The van der Waals surface area contributed by atoms with E-state index in [2.05, 4.69) is 20.8 Å². The van der Waals surface area contributed by atoms with Crippen molar-refractivity contribution in [1.82, 2.24) is 19.7 Å². The summed E-state index contributed by atoms with van der Waals surface area (Å²) in [5.41, 5.74) is 5.35. The summed E-state index contributed by atoms with van der Waals surface area (Å²) in [5, 5.41) is 4.79.